The highest BCUT2D eigenvalue weighted by molar-refractivity contribution is 5.79. The van der Waals surface area contributed by atoms with Crippen LogP contribution in [0.4, 0.5) is 0 Å². The van der Waals surface area contributed by atoms with Crippen molar-refractivity contribution in [1.82, 2.24) is 10.6 Å². The molecule has 0 aromatic carbocycles. The Kier molecular flexibility index (Phi) is 4.73. The summed E-state index contributed by atoms with van der Waals surface area (Å²) in [5.41, 5.74) is 0. The molecule has 0 bridgehead atoms. The molecule has 2 unspecified atom stereocenters. The average Bonchev–Trinajstić information content (AvgIpc) is 3.07. The van der Waals surface area contributed by atoms with Gasteiger partial charge >= 0.3 is 5.97 Å². The fourth-order valence-electron chi connectivity index (χ4n) is 1.33. The first-order valence-corrected chi connectivity index (χ1v) is 5.65. The van der Waals surface area contributed by atoms with E-state index in [1.165, 1.54) is 7.11 Å². The normalized spacial score (nSPS) is 18.7. The monoisotopic (exact) mass is 228 g/mol. The first kappa shape index (κ1) is 13.0. The molecule has 0 aliphatic heterocycles. The van der Waals surface area contributed by atoms with Crippen molar-refractivity contribution >= 4 is 11.9 Å². The molecule has 2 atom stereocenters. The number of hydrogen-bond donors (Lipinski definition) is 2. The summed E-state index contributed by atoms with van der Waals surface area (Å²) < 4.78 is 4.64. The van der Waals surface area contributed by atoms with Gasteiger partial charge < -0.3 is 15.4 Å². The number of rotatable bonds is 6. The van der Waals surface area contributed by atoms with Crippen LogP contribution >= 0.6 is 0 Å². The Labute approximate surface area is 95.9 Å². The molecule has 16 heavy (non-hydrogen) atoms. The Morgan fingerprint density at radius 2 is 2.00 bits per heavy atom. The number of nitrogens with one attached hydrogen (secondary N) is 2. The number of ether oxygens (including phenoxy) is 1. The number of amides is 1. The van der Waals surface area contributed by atoms with Crippen LogP contribution < -0.4 is 10.6 Å². The molecule has 0 aromatic heterocycles. The molecule has 1 amide bonds. The van der Waals surface area contributed by atoms with Crippen molar-refractivity contribution < 1.29 is 14.3 Å². The lowest BCUT2D eigenvalue weighted by molar-refractivity contribution is -0.145. The fourth-order valence-corrected chi connectivity index (χ4v) is 1.33. The quantitative estimate of drug-likeness (QED) is 0.630. The number of carbonyl (C=O) groups is 2. The van der Waals surface area contributed by atoms with E-state index in [0.29, 0.717) is 6.04 Å². The van der Waals surface area contributed by atoms with Gasteiger partial charge in [0.25, 0.3) is 0 Å². The van der Waals surface area contributed by atoms with E-state index >= 15 is 0 Å². The van der Waals surface area contributed by atoms with Gasteiger partial charge in [0.1, 0.15) is 0 Å². The standard InChI is InChI=1S/C11H20N2O3/c1-7(11(15)16-3)8(2)12-6-10(14)13-9-4-5-9/h7-9,12H,4-6H2,1-3H3,(H,13,14). The van der Waals surface area contributed by atoms with Crippen LogP contribution in [0, 0.1) is 5.92 Å². The smallest absolute Gasteiger partial charge is 0.309 e. The number of esters is 1. The molecule has 0 aromatic rings. The second-order valence-corrected chi connectivity index (χ2v) is 4.32. The summed E-state index contributed by atoms with van der Waals surface area (Å²) in [5.74, 6) is -0.521. The summed E-state index contributed by atoms with van der Waals surface area (Å²) in [5, 5.41) is 5.89. The maximum absolute atomic E-state index is 11.4. The van der Waals surface area contributed by atoms with E-state index in [-0.39, 0.29) is 30.4 Å². The predicted molar refractivity (Wildman–Crippen MR) is 59.8 cm³/mol. The summed E-state index contributed by atoms with van der Waals surface area (Å²) in [6, 6.07) is 0.306. The molecule has 1 rings (SSSR count). The van der Waals surface area contributed by atoms with Crippen molar-refractivity contribution in [3.8, 4) is 0 Å². The van der Waals surface area contributed by atoms with Crippen LogP contribution in [-0.4, -0.2) is 37.6 Å². The van der Waals surface area contributed by atoms with Gasteiger partial charge in [0.2, 0.25) is 5.91 Å². The van der Waals surface area contributed by atoms with Crippen molar-refractivity contribution in [2.45, 2.75) is 38.8 Å². The van der Waals surface area contributed by atoms with E-state index in [4.69, 9.17) is 0 Å². The van der Waals surface area contributed by atoms with Gasteiger partial charge in [-0.15, -0.1) is 0 Å². The highest BCUT2D eigenvalue weighted by Gasteiger charge is 2.24. The van der Waals surface area contributed by atoms with Gasteiger partial charge in [-0.3, -0.25) is 9.59 Å². The van der Waals surface area contributed by atoms with E-state index in [9.17, 15) is 9.59 Å². The molecular weight excluding hydrogens is 208 g/mol. The number of methoxy groups -OCH3 is 1. The first-order chi connectivity index (χ1) is 7.54. The van der Waals surface area contributed by atoms with E-state index in [1.807, 2.05) is 6.92 Å². The lowest BCUT2D eigenvalue weighted by atomic mass is 10.0. The topological polar surface area (TPSA) is 67.4 Å². The summed E-state index contributed by atoms with van der Waals surface area (Å²) in [4.78, 5) is 22.6. The lowest BCUT2D eigenvalue weighted by Crippen LogP contribution is -2.43. The van der Waals surface area contributed by atoms with Gasteiger partial charge in [0, 0.05) is 12.1 Å². The highest BCUT2D eigenvalue weighted by Crippen LogP contribution is 2.18. The fraction of sp³-hybridized carbons (Fsp3) is 0.818. The molecule has 1 fully saturated rings. The molecule has 2 N–H and O–H groups in total. The van der Waals surface area contributed by atoms with Crippen LogP contribution in [0.3, 0.4) is 0 Å². The van der Waals surface area contributed by atoms with Gasteiger partial charge in [-0.25, -0.2) is 0 Å². The minimum Gasteiger partial charge on any atom is -0.469 e. The second-order valence-electron chi connectivity index (χ2n) is 4.32. The third kappa shape index (κ3) is 4.18. The summed E-state index contributed by atoms with van der Waals surface area (Å²) in [7, 11) is 1.37. The third-order valence-electron chi connectivity index (χ3n) is 2.85. The maximum Gasteiger partial charge on any atom is 0.309 e. The third-order valence-corrected chi connectivity index (χ3v) is 2.85. The van der Waals surface area contributed by atoms with Gasteiger partial charge in [-0.2, -0.15) is 0 Å². The average molecular weight is 228 g/mol. The van der Waals surface area contributed by atoms with Crippen LogP contribution in [0.15, 0.2) is 0 Å². The molecule has 0 heterocycles. The molecule has 5 heteroatoms. The van der Waals surface area contributed by atoms with Crippen LogP contribution in [0.25, 0.3) is 0 Å². The number of hydrogen-bond acceptors (Lipinski definition) is 4. The molecule has 0 radical (unpaired) electrons. The Morgan fingerprint density at radius 1 is 1.38 bits per heavy atom. The highest BCUT2D eigenvalue weighted by atomic mass is 16.5. The lowest BCUT2D eigenvalue weighted by Gasteiger charge is -2.18. The van der Waals surface area contributed by atoms with Crippen molar-refractivity contribution in [2.24, 2.45) is 5.92 Å². The van der Waals surface area contributed by atoms with Crippen molar-refractivity contribution in [3.63, 3.8) is 0 Å². The first-order valence-electron chi connectivity index (χ1n) is 5.65. The molecule has 92 valence electrons. The van der Waals surface area contributed by atoms with E-state index < -0.39 is 0 Å². The van der Waals surface area contributed by atoms with Gasteiger partial charge in [0.15, 0.2) is 0 Å². The number of carbonyl (C=O) groups excluding carboxylic acids is 2. The summed E-state index contributed by atoms with van der Waals surface area (Å²) in [6.07, 6.45) is 2.17. The van der Waals surface area contributed by atoms with Crippen molar-refractivity contribution in [3.05, 3.63) is 0 Å². The van der Waals surface area contributed by atoms with Crippen LogP contribution in [0.5, 0.6) is 0 Å². The summed E-state index contributed by atoms with van der Waals surface area (Å²) >= 11 is 0. The molecule has 0 saturated heterocycles. The Hall–Kier alpha value is -1.10. The molecule has 0 spiro atoms. The molecule has 1 saturated carbocycles. The minimum absolute atomic E-state index is 0.00795. The van der Waals surface area contributed by atoms with Crippen LogP contribution in [0.2, 0.25) is 0 Å². The largest absolute Gasteiger partial charge is 0.469 e. The molecule has 1 aliphatic rings. The SMILES string of the molecule is COC(=O)C(C)C(C)NCC(=O)NC1CC1. The molecular formula is C11H20N2O3. The van der Waals surface area contributed by atoms with E-state index in [0.717, 1.165) is 12.8 Å². The van der Waals surface area contributed by atoms with E-state index in [2.05, 4.69) is 15.4 Å². The predicted octanol–water partition coefficient (Wildman–Crippen LogP) is 0.0522. The van der Waals surface area contributed by atoms with Gasteiger partial charge in [-0.05, 0) is 19.8 Å². The zero-order valence-corrected chi connectivity index (χ0v) is 10.1. The van der Waals surface area contributed by atoms with E-state index in [1.54, 1.807) is 6.92 Å². The van der Waals surface area contributed by atoms with Crippen molar-refractivity contribution in [2.75, 3.05) is 13.7 Å². The molecule has 1 aliphatic carbocycles. The Morgan fingerprint density at radius 3 is 2.50 bits per heavy atom. The minimum atomic E-state index is -0.261. The Balaban J connectivity index is 2.19. The van der Waals surface area contributed by atoms with Gasteiger partial charge in [-0.1, -0.05) is 6.92 Å². The zero-order chi connectivity index (χ0) is 12.1. The Bertz CT molecular complexity index is 264. The second kappa shape index (κ2) is 5.84. The van der Waals surface area contributed by atoms with Crippen LogP contribution in [0.1, 0.15) is 26.7 Å². The van der Waals surface area contributed by atoms with Gasteiger partial charge in [0.05, 0.1) is 19.6 Å². The molecule has 5 nitrogen and oxygen atoms in total. The van der Waals surface area contributed by atoms with Crippen molar-refractivity contribution in [1.29, 1.82) is 0 Å². The zero-order valence-electron chi connectivity index (χ0n) is 10.1. The van der Waals surface area contributed by atoms with Crippen LogP contribution in [-0.2, 0) is 14.3 Å². The summed E-state index contributed by atoms with van der Waals surface area (Å²) in [6.45, 7) is 3.90. The maximum atomic E-state index is 11.4.